The number of pyridine rings is 1. The Balaban J connectivity index is 1.68. The molecule has 3 rings (SSSR count). The lowest BCUT2D eigenvalue weighted by Crippen LogP contribution is -2.54. The standard InChI is InChI=1S/C45H61N9O8/c1-9-12-34(44(59)53-46-26-30-16-20-32(61-7)21-17-30)49-42(57)38(24-28(3)4)51-40(55)36-14-11-15-37(48-36)41(56)52-39(25-29(5)6)43(58)50-35(13-10-2)45(60)54-47-27-31-18-22-33(62-8)23-19-31/h11,14-23,26-29,34-35,38-39H,9-10,12-13,24-25H2,1-8H3,(H,49,57)(H,50,58)(H,51,55)(H,52,56)(H,53,59)(H,54,60)/b46-26+,47-27+/t34?,35?,38-,39-/m0/s1. The number of hydrazone groups is 2. The summed E-state index contributed by atoms with van der Waals surface area (Å²) in [4.78, 5) is 84.8. The molecule has 2 unspecified atom stereocenters. The van der Waals surface area contributed by atoms with Gasteiger partial charge in [0, 0.05) is 0 Å². The Morgan fingerprint density at radius 2 is 0.919 bits per heavy atom. The van der Waals surface area contributed by atoms with Gasteiger partial charge in [-0.1, -0.05) is 60.5 Å². The third-order valence-electron chi connectivity index (χ3n) is 9.30. The molecule has 334 valence electrons. The summed E-state index contributed by atoms with van der Waals surface area (Å²) in [6.45, 7) is 11.3. The average molecular weight is 856 g/mol. The van der Waals surface area contributed by atoms with Gasteiger partial charge in [0.15, 0.2) is 0 Å². The first-order valence-corrected chi connectivity index (χ1v) is 20.8. The van der Waals surface area contributed by atoms with Crippen LogP contribution in [0.1, 0.15) is 112 Å². The lowest BCUT2D eigenvalue weighted by Gasteiger charge is -2.24. The first kappa shape index (κ1) is 49.7. The van der Waals surface area contributed by atoms with E-state index < -0.39 is 59.6 Å². The molecule has 0 radical (unpaired) electrons. The van der Waals surface area contributed by atoms with Crippen molar-refractivity contribution in [3.63, 3.8) is 0 Å². The molecule has 1 aromatic heterocycles. The van der Waals surface area contributed by atoms with Crippen molar-refractivity contribution in [2.75, 3.05) is 14.2 Å². The number of hydrogen-bond acceptors (Lipinski definition) is 11. The van der Waals surface area contributed by atoms with Gasteiger partial charge in [-0.15, -0.1) is 0 Å². The zero-order chi connectivity index (χ0) is 45.6. The average Bonchev–Trinajstić information content (AvgIpc) is 3.25. The normalized spacial score (nSPS) is 13.2. The van der Waals surface area contributed by atoms with Crippen LogP contribution in [-0.2, 0) is 19.2 Å². The van der Waals surface area contributed by atoms with E-state index in [1.165, 1.54) is 30.6 Å². The third-order valence-corrected chi connectivity index (χ3v) is 9.30. The molecule has 62 heavy (non-hydrogen) atoms. The van der Waals surface area contributed by atoms with Gasteiger partial charge in [0.1, 0.15) is 47.1 Å². The molecule has 3 aromatic rings. The van der Waals surface area contributed by atoms with E-state index in [1.807, 2.05) is 41.5 Å². The number of hydrogen-bond donors (Lipinski definition) is 6. The van der Waals surface area contributed by atoms with E-state index in [-0.39, 0.29) is 36.1 Å². The molecule has 0 aliphatic heterocycles. The van der Waals surface area contributed by atoms with Crippen LogP contribution in [0.15, 0.2) is 76.9 Å². The van der Waals surface area contributed by atoms with Crippen molar-refractivity contribution < 1.29 is 38.2 Å². The highest BCUT2D eigenvalue weighted by atomic mass is 16.5. The Labute approximate surface area is 363 Å². The van der Waals surface area contributed by atoms with E-state index in [2.05, 4.69) is 47.3 Å². The van der Waals surface area contributed by atoms with E-state index in [1.54, 1.807) is 62.8 Å². The second kappa shape index (κ2) is 25.9. The van der Waals surface area contributed by atoms with Crippen molar-refractivity contribution in [2.45, 2.75) is 104 Å². The monoisotopic (exact) mass is 855 g/mol. The van der Waals surface area contributed by atoms with Crippen LogP contribution in [-0.4, -0.2) is 91.2 Å². The fourth-order valence-electron chi connectivity index (χ4n) is 6.09. The topological polar surface area (TPSA) is 231 Å². The van der Waals surface area contributed by atoms with E-state index >= 15 is 0 Å². The molecule has 0 fully saturated rings. The van der Waals surface area contributed by atoms with Gasteiger partial charge in [0.05, 0.1) is 26.6 Å². The minimum absolute atomic E-state index is 0.0252. The molecule has 17 nitrogen and oxygen atoms in total. The quantitative estimate of drug-likeness (QED) is 0.0558. The van der Waals surface area contributed by atoms with Crippen LogP contribution in [0.2, 0.25) is 0 Å². The summed E-state index contributed by atoms with van der Waals surface area (Å²) in [5.41, 5.74) is 6.12. The number of amides is 6. The van der Waals surface area contributed by atoms with Crippen LogP contribution in [0.25, 0.3) is 0 Å². The summed E-state index contributed by atoms with van der Waals surface area (Å²) in [6, 6.07) is 14.4. The molecule has 0 saturated carbocycles. The van der Waals surface area contributed by atoms with Gasteiger partial charge in [-0.25, -0.2) is 15.8 Å². The van der Waals surface area contributed by atoms with Gasteiger partial charge in [-0.3, -0.25) is 28.8 Å². The maximum Gasteiger partial charge on any atom is 0.270 e. The molecule has 6 N–H and O–H groups in total. The van der Waals surface area contributed by atoms with E-state index in [0.29, 0.717) is 37.2 Å². The van der Waals surface area contributed by atoms with Crippen molar-refractivity contribution >= 4 is 47.9 Å². The molecule has 0 spiro atoms. The van der Waals surface area contributed by atoms with Crippen molar-refractivity contribution in [1.82, 2.24) is 37.1 Å². The fraction of sp³-hybridized carbons (Fsp3) is 0.444. The van der Waals surface area contributed by atoms with Gasteiger partial charge < -0.3 is 30.7 Å². The molecule has 2 aromatic carbocycles. The van der Waals surface area contributed by atoms with Gasteiger partial charge in [-0.05, 0) is 109 Å². The Morgan fingerprint density at radius 1 is 0.548 bits per heavy atom. The highest BCUT2D eigenvalue weighted by molar-refractivity contribution is 6.00. The number of aromatic nitrogens is 1. The number of nitrogens with one attached hydrogen (secondary N) is 6. The van der Waals surface area contributed by atoms with Crippen molar-refractivity contribution in [2.24, 2.45) is 22.0 Å². The molecular weight excluding hydrogens is 795 g/mol. The second-order valence-electron chi connectivity index (χ2n) is 15.4. The Morgan fingerprint density at radius 3 is 1.24 bits per heavy atom. The molecule has 4 atom stereocenters. The summed E-state index contributed by atoms with van der Waals surface area (Å²) in [5, 5.41) is 19.0. The van der Waals surface area contributed by atoms with Crippen molar-refractivity contribution in [1.29, 1.82) is 0 Å². The first-order chi connectivity index (χ1) is 29.7. The molecule has 1 heterocycles. The molecule has 17 heteroatoms. The van der Waals surface area contributed by atoms with Crippen molar-refractivity contribution in [3.8, 4) is 11.5 Å². The van der Waals surface area contributed by atoms with Gasteiger partial charge >= 0.3 is 0 Å². The smallest absolute Gasteiger partial charge is 0.270 e. The minimum Gasteiger partial charge on any atom is -0.497 e. The maximum atomic E-state index is 13.6. The summed E-state index contributed by atoms with van der Waals surface area (Å²) in [7, 11) is 3.12. The lowest BCUT2D eigenvalue weighted by atomic mass is 10.0. The maximum absolute atomic E-state index is 13.6. The van der Waals surface area contributed by atoms with Crippen LogP contribution >= 0.6 is 0 Å². The third kappa shape index (κ3) is 16.8. The SMILES string of the molecule is CCCC(NC(=O)[C@H](CC(C)C)NC(=O)c1cccc(C(=O)N[C@@H](CC(C)C)C(=O)NC(CCC)C(=O)N/N=C/c2ccc(OC)cc2)n1)C(=O)N/N=C/c1ccc(OC)cc1. The first-order valence-electron chi connectivity index (χ1n) is 20.8. The van der Waals surface area contributed by atoms with Gasteiger partial charge in [0.25, 0.3) is 23.6 Å². The highest BCUT2D eigenvalue weighted by Crippen LogP contribution is 2.13. The fourth-order valence-corrected chi connectivity index (χ4v) is 6.09. The zero-order valence-corrected chi connectivity index (χ0v) is 36.8. The summed E-state index contributed by atoms with van der Waals surface area (Å²) in [5.74, 6) is -2.34. The molecule has 0 aliphatic carbocycles. The van der Waals surface area contributed by atoms with Gasteiger partial charge in [-0.2, -0.15) is 10.2 Å². The lowest BCUT2D eigenvalue weighted by molar-refractivity contribution is -0.130. The molecule has 0 saturated heterocycles. The van der Waals surface area contributed by atoms with Crippen LogP contribution in [0.4, 0.5) is 0 Å². The van der Waals surface area contributed by atoms with Crippen molar-refractivity contribution in [3.05, 3.63) is 89.2 Å². The molecular formula is C45H61N9O8. The molecule has 0 aliphatic rings. The predicted molar refractivity (Wildman–Crippen MR) is 237 cm³/mol. The zero-order valence-electron chi connectivity index (χ0n) is 36.8. The minimum atomic E-state index is -1.04. The number of carbonyl (C=O) groups excluding carboxylic acids is 6. The van der Waals surface area contributed by atoms with Gasteiger partial charge in [0.2, 0.25) is 11.8 Å². The Bertz CT molecular complexity index is 1860. The number of carbonyl (C=O) groups is 6. The summed E-state index contributed by atoms with van der Waals surface area (Å²) >= 11 is 0. The van der Waals surface area contributed by atoms with Crippen LogP contribution < -0.4 is 41.6 Å². The van der Waals surface area contributed by atoms with E-state index in [0.717, 1.165) is 11.1 Å². The molecule has 0 bridgehead atoms. The summed E-state index contributed by atoms with van der Waals surface area (Å²) < 4.78 is 10.3. The highest BCUT2D eigenvalue weighted by Gasteiger charge is 2.30. The number of nitrogens with zero attached hydrogens (tertiary/aromatic N) is 3. The number of ether oxygens (including phenoxy) is 2. The number of methoxy groups -OCH3 is 2. The molecule has 6 amide bonds. The predicted octanol–water partition coefficient (Wildman–Crippen LogP) is 4.26. The summed E-state index contributed by atoms with van der Waals surface area (Å²) in [6.07, 6.45) is 5.22. The van der Waals surface area contributed by atoms with E-state index in [4.69, 9.17) is 9.47 Å². The van der Waals surface area contributed by atoms with Crippen LogP contribution in [0.5, 0.6) is 11.5 Å². The Kier molecular flexibility index (Phi) is 20.7. The number of benzene rings is 2. The Hall–Kier alpha value is -6.65. The largest absolute Gasteiger partial charge is 0.497 e. The van der Waals surface area contributed by atoms with E-state index in [9.17, 15) is 28.8 Å². The second-order valence-corrected chi connectivity index (χ2v) is 15.4. The van der Waals surface area contributed by atoms with Crippen LogP contribution in [0, 0.1) is 11.8 Å². The number of rotatable bonds is 24. The van der Waals surface area contributed by atoms with Crippen LogP contribution in [0.3, 0.4) is 0 Å².